The Hall–Kier alpha value is -2.15. The first-order valence-corrected chi connectivity index (χ1v) is 9.53. The van der Waals surface area contributed by atoms with E-state index in [4.69, 9.17) is 9.57 Å². The van der Waals surface area contributed by atoms with Crippen LogP contribution in [0.2, 0.25) is 0 Å². The summed E-state index contributed by atoms with van der Waals surface area (Å²) < 4.78 is 18.9. The minimum atomic E-state index is -0.656. The van der Waals surface area contributed by atoms with Gasteiger partial charge in [0, 0.05) is 25.2 Å². The zero-order chi connectivity index (χ0) is 19.2. The topological polar surface area (TPSA) is 54.4 Å². The summed E-state index contributed by atoms with van der Waals surface area (Å²) in [6, 6.07) is 6.28. The van der Waals surface area contributed by atoms with Gasteiger partial charge in [0.25, 0.3) is 0 Å². The smallest absolute Gasteiger partial charge is 0.410 e. The maximum absolute atomic E-state index is 13.3. The van der Waals surface area contributed by atoms with Gasteiger partial charge in [-0.15, -0.1) is 0 Å². The van der Waals surface area contributed by atoms with E-state index >= 15 is 0 Å². The number of rotatable bonds is 2. The predicted molar refractivity (Wildman–Crippen MR) is 98.9 cm³/mol. The van der Waals surface area contributed by atoms with Crippen molar-refractivity contribution >= 4 is 11.8 Å². The van der Waals surface area contributed by atoms with Crippen LogP contribution >= 0.6 is 0 Å². The number of amides is 1. The summed E-state index contributed by atoms with van der Waals surface area (Å²) in [4.78, 5) is 22.7. The Morgan fingerprint density at radius 2 is 1.93 bits per heavy atom. The lowest BCUT2D eigenvalue weighted by molar-refractivity contribution is -0.136. The molecule has 0 aromatic heterocycles. The van der Waals surface area contributed by atoms with E-state index in [-0.39, 0.29) is 17.8 Å². The molecule has 27 heavy (non-hydrogen) atoms. The summed E-state index contributed by atoms with van der Waals surface area (Å²) in [6.07, 6.45) is 1.88. The van der Waals surface area contributed by atoms with Gasteiger partial charge >= 0.3 is 6.09 Å². The second-order valence-electron chi connectivity index (χ2n) is 8.53. The molecule has 2 fully saturated rings. The molecule has 0 spiro atoms. The number of carbonyl (C=O) groups is 1. The Morgan fingerprint density at radius 1 is 1.26 bits per heavy atom. The standard InChI is InChI=1S/C20H26FN3O3/c1-19(2,3)26-18(25)23-12-16-17(14-6-8-15(21)9-7-14)22-27-20(16,13-23)24-10-4-5-11-24/h6-9,16H,4-5,10-13H2,1-3H3/t16-,20-/m0/s1. The van der Waals surface area contributed by atoms with Crippen molar-refractivity contribution in [1.29, 1.82) is 0 Å². The van der Waals surface area contributed by atoms with E-state index in [0.29, 0.717) is 13.1 Å². The summed E-state index contributed by atoms with van der Waals surface area (Å²) in [5.41, 5.74) is 0.392. The van der Waals surface area contributed by atoms with Gasteiger partial charge in [-0.2, -0.15) is 0 Å². The molecule has 0 aliphatic carbocycles. The van der Waals surface area contributed by atoms with E-state index in [9.17, 15) is 9.18 Å². The Balaban J connectivity index is 1.62. The molecular weight excluding hydrogens is 349 g/mol. The lowest BCUT2D eigenvalue weighted by atomic mass is 9.89. The highest BCUT2D eigenvalue weighted by Crippen LogP contribution is 2.43. The van der Waals surface area contributed by atoms with E-state index in [0.717, 1.165) is 37.2 Å². The molecule has 7 heteroatoms. The summed E-state index contributed by atoms with van der Waals surface area (Å²) in [6.45, 7) is 8.32. The molecular formula is C20H26FN3O3. The van der Waals surface area contributed by atoms with Crippen LogP contribution in [0.3, 0.4) is 0 Å². The SMILES string of the molecule is CC(C)(C)OC(=O)N1C[C@H]2C(c3ccc(F)cc3)=NO[C@@]2(N2CCCC2)C1. The fraction of sp³-hybridized carbons (Fsp3) is 0.600. The maximum Gasteiger partial charge on any atom is 0.410 e. The number of nitrogens with zero attached hydrogens (tertiary/aromatic N) is 3. The van der Waals surface area contributed by atoms with Crippen LogP contribution in [0.4, 0.5) is 9.18 Å². The first-order valence-electron chi connectivity index (χ1n) is 9.53. The van der Waals surface area contributed by atoms with E-state index in [1.807, 2.05) is 20.8 Å². The Bertz CT molecular complexity index is 753. The Kier molecular flexibility index (Phi) is 4.37. The normalized spacial score (nSPS) is 28.1. The van der Waals surface area contributed by atoms with Gasteiger partial charge in [-0.05, 0) is 45.7 Å². The van der Waals surface area contributed by atoms with E-state index in [1.165, 1.54) is 12.1 Å². The Morgan fingerprint density at radius 3 is 2.56 bits per heavy atom. The number of oxime groups is 1. The highest BCUT2D eigenvalue weighted by Gasteiger charge is 2.60. The summed E-state index contributed by atoms with van der Waals surface area (Å²) >= 11 is 0. The highest BCUT2D eigenvalue weighted by atomic mass is 19.1. The van der Waals surface area contributed by atoms with Gasteiger partial charge in [0.05, 0.1) is 18.2 Å². The largest absolute Gasteiger partial charge is 0.444 e. The van der Waals surface area contributed by atoms with Crippen LogP contribution in [0.5, 0.6) is 0 Å². The average Bonchev–Trinajstić information content (AvgIpc) is 3.29. The monoisotopic (exact) mass is 375 g/mol. The fourth-order valence-electron chi connectivity index (χ4n) is 4.21. The molecule has 3 heterocycles. The van der Waals surface area contributed by atoms with Gasteiger partial charge < -0.3 is 14.5 Å². The lowest BCUT2D eigenvalue weighted by Crippen LogP contribution is -2.54. The third-order valence-corrected chi connectivity index (χ3v) is 5.43. The van der Waals surface area contributed by atoms with Gasteiger partial charge in [0.2, 0.25) is 5.72 Å². The first-order chi connectivity index (χ1) is 12.8. The van der Waals surface area contributed by atoms with Crippen molar-refractivity contribution in [2.24, 2.45) is 11.1 Å². The van der Waals surface area contributed by atoms with Crippen molar-refractivity contribution in [2.75, 3.05) is 26.2 Å². The zero-order valence-corrected chi connectivity index (χ0v) is 16.1. The van der Waals surface area contributed by atoms with E-state index < -0.39 is 11.3 Å². The average molecular weight is 375 g/mol. The molecule has 2 saturated heterocycles. The summed E-state index contributed by atoms with van der Waals surface area (Å²) in [5, 5.41) is 4.38. The quantitative estimate of drug-likeness (QED) is 0.796. The van der Waals surface area contributed by atoms with Crippen molar-refractivity contribution in [3.8, 4) is 0 Å². The van der Waals surface area contributed by atoms with Crippen molar-refractivity contribution in [2.45, 2.75) is 44.9 Å². The number of ether oxygens (including phenoxy) is 1. The van der Waals surface area contributed by atoms with Gasteiger partial charge in [0.15, 0.2) is 0 Å². The van der Waals surface area contributed by atoms with Gasteiger partial charge in [-0.25, -0.2) is 9.18 Å². The number of hydrogen-bond donors (Lipinski definition) is 0. The van der Waals surface area contributed by atoms with Crippen LogP contribution in [0.15, 0.2) is 29.4 Å². The van der Waals surface area contributed by atoms with Gasteiger partial charge in [-0.3, -0.25) is 4.90 Å². The molecule has 3 aliphatic heterocycles. The van der Waals surface area contributed by atoms with Crippen LogP contribution in [-0.4, -0.2) is 59.1 Å². The molecule has 0 radical (unpaired) electrons. The first kappa shape index (κ1) is 18.2. The highest BCUT2D eigenvalue weighted by molar-refractivity contribution is 6.04. The molecule has 0 bridgehead atoms. The van der Waals surface area contributed by atoms with Crippen molar-refractivity contribution < 1.29 is 18.8 Å². The van der Waals surface area contributed by atoms with E-state index in [2.05, 4.69) is 10.1 Å². The second-order valence-corrected chi connectivity index (χ2v) is 8.53. The summed E-state index contributed by atoms with van der Waals surface area (Å²) in [5.74, 6) is -0.376. The van der Waals surface area contributed by atoms with Gasteiger partial charge in [0.1, 0.15) is 11.4 Å². The molecule has 6 nitrogen and oxygen atoms in total. The van der Waals surface area contributed by atoms with Crippen LogP contribution in [0.25, 0.3) is 0 Å². The molecule has 3 aliphatic rings. The van der Waals surface area contributed by atoms with Crippen LogP contribution < -0.4 is 0 Å². The van der Waals surface area contributed by atoms with Crippen LogP contribution in [0.1, 0.15) is 39.2 Å². The van der Waals surface area contributed by atoms with Crippen LogP contribution in [-0.2, 0) is 9.57 Å². The molecule has 1 aromatic rings. The number of fused-ring (bicyclic) bond motifs is 1. The molecule has 1 amide bonds. The van der Waals surface area contributed by atoms with E-state index in [1.54, 1.807) is 17.0 Å². The second kappa shape index (κ2) is 6.48. The van der Waals surface area contributed by atoms with Crippen molar-refractivity contribution in [1.82, 2.24) is 9.80 Å². The maximum atomic E-state index is 13.3. The predicted octanol–water partition coefficient (Wildman–Crippen LogP) is 3.22. The molecule has 1 aromatic carbocycles. The minimum absolute atomic E-state index is 0.0893. The third kappa shape index (κ3) is 3.29. The van der Waals surface area contributed by atoms with Crippen molar-refractivity contribution in [3.05, 3.63) is 35.6 Å². The van der Waals surface area contributed by atoms with Crippen LogP contribution in [0, 0.1) is 11.7 Å². The molecule has 146 valence electrons. The number of halogens is 1. The number of likely N-dealkylation sites (tertiary alicyclic amines) is 2. The molecule has 4 rings (SSSR count). The number of carbonyl (C=O) groups excluding carboxylic acids is 1. The minimum Gasteiger partial charge on any atom is -0.444 e. The Labute approximate surface area is 158 Å². The molecule has 0 unspecified atom stereocenters. The summed E-state index contributed by atoms with van der Waals surface area (Å²) in [7, 11) is 0. The number of benzene rings is 1. The molecule has 2 atom stereocenters. The van der Waals surface area contributed by atoms with Crippen molar-refractivity contribution in [3.63, 3.8) is 0 Å². The fourth-order valence-corrected chi connectivity index (χ4v) is 4.21. The molecule has 0 saturated carbocycles. The van der Waals surface area contributed by atoms with Gasteiger partial charge in [-0.1, -0.05) is 17.3 Å². The number of hydrogen-bond acceptors (Lipinski definition) is 5. The third-order valence-electron chi connectivity index (χ3n) is 5.43. The lowest BCUT2D eigenvalue weighted by Gasteiger charge is -2.35. The molecule has 0 N–H and O–H groups in total. The zero-order valence-electron chi connectivity index (χ0n) is 16.1.